The van der Waals surface area contributed by atoms with Gasteiger partial charge in [0.05, 0.1) is 4.86 Å². The zero-order chi connectivity index (χ0) is 14.7. The van der Waals surface area contributed by atoms with E-state index in [9.17, 15) is 9.18 Å². The third-order valence-electron chi connectivity index (χ3n) is 2.93. The van der Waals surface area contributed by atoms with Crippen molar-refractivity contribution in [1.29, 1.82) is 0 Å². The lowest BCUT2D eigenvalue weighted by Crippen LogP contribution is -2.31. The van der Waals surface area contributed by atoms with Crippen LogP contribution in [0.5, 0.6) is 0 Å². The molecule has 0 bridgehead atoms. The van der Waals surface area contributed by atoms with E-state index in [0.717, 1.165) is 11.1 Å². The summed E-state index contributed by atoms with van der Waals surface area (Å²) in [5.74, 6) is -1.36. The van der Waals surface area contributed by atoms with Gasteiger partial charge < -0.3 is 9.84 Å². The SMILES string of the molecule is CC(OC1C=CC=C(c2ccc(F)cc2)C1=S)C(=O)O. The van der Waals surface area contributed by atoms with Gasteiger partial charge >= 0.3 is 5.97 Å². The lowest BCUT2D eigenvalue weighted by atomic mass is 9.95. The van der Waals surface area contributed by atoms with E-state index in [2.05, 4.69) is 0 Å². The first-order valence-electron chi connectivity index (χ1n) is 6.06. The lowest BCUT2D eigenvalue weighted by molar-refractivity contribution is -0.149. The molecule has 0 radical (unpaired) electrons. The van der Waals surface area contributed by atoms with Crippen LogP contribution in [0.2, 0.25) is 0 Å². The highest BCUT2D eigenvalue weighted by Gasteiger charge is 2.24. The van der Waals surface area contributed by atoms with Crippen LogP contribution in [0.15, 0.2) is 42.5 Å². The standard InChI is InChI=1S/C15H13FO3S/c1-9(15(17)18)19-13-4-2-3-12(14(13)20)10-5-7-11(16)8-6-10/h2-9,13H,1H3,(H,17,18). The second kappa shape index (κ2) is 6.07. The number of carboxylic acids is 1. The van der Waals surface area contributed by atoms with Gasteiger partial charge in [-0.3, -0.25) is 0 Å². The molecule has 20 heavy (non-hydrogen) atoms. The summed E-state index contributed by atoms with van der Waals surface area (Å²) in [4.78, 5) is 11.3. The molecule has 0 heterocycles. The number of thiocarbonyl (C=S) groups is 1. The number of aliphatic carboxylic acids is 1. The Labute approximate surface area is 121 Å². The minimum Gasteiger partial charge on any atom is -0.479 e. The van der Waals surface area contributed by atoms with Gasteiger partial charge in [0.2, 0.25) is 0 Å². The van der Waals surface area contributed by atoms with Crippen molar-refractivity contribution in [3.05, 3.63) is 53.9 Å². The van der Waals surface area contributed by atoms with E-state index in [-0.39, 0.29) is 5.82 Å². The van der Waals surface area contributed by atoms with Gasteiger partial charge in [0.15, 0.2) is 6.10 Å². The molecule has 0 saturated carbocycles. The van der Waals surface area contributed by atoms with Crippen LogP contribution < -0.4 is 0 Å². The van der Waals surface area contributed by atoms with Crippen molar-refractivity contribution in [3.63, 3.8) is 0 Å². The van der Waals surface area contributed by atoms with Crippen LogP contribution in [0.3, 0.4) is 0 Å². The number of rotatable bonds is 4. The van der Waals surface area contributed by atoms with Crippen LogP contribution >= 0.6 is 12.2 Å². The minimum absolute atomic E-state index is 0.320. The molecule has 1 aliphatic carbocycles. The van der Waals surface area contributed by atoms with E-state index in [1.54, 1.807) is 30.4 Å². The van der Waals surface area contributed by atoms with Gasteiger partial charge in [0, 0.05) is 0 Å². The quantitative estimate of drug-likeness (QED) is 0.867. The Bertz CT molecular complexity index is 590. The van der Waals surface area contributed by atoms with Crippen molar-refractivity contribution in [1.82, 2.24) is 0 Å². The van der Waals surface area contributed by atoms with Crippen molar-refractivity contribution >= 4 is 28.6 Å². The Balaban J connectivity index is 2.19. The number of halogens is 1. The molecule has 2 unspecified atom stereocenters. The molecule has 2 atom stereocenters. The van der Waals surface area contributed by atoms with Crippen LogP contribution in [-0.4, -0.2) is 28.1 Å². The summed E-state index contributed by atoms with van der Waals surface area (Å²) in [6.07, 6.45) is 3.75. The van der Waals surface area contributed by atoms with Crippen LogP contribution in [0, 0.1) is 5.82 Å². The maximum atomic E-state index is 12.9. The number of hydrogen-bond acceptors (Lipinski definition) is 3. The molecule has 0 fully saturated rings. The zero-order valence-electron chi connectivity index (χ0n) is 10.7. The molecule has 0 aliphatic heterocycles. The van der Waals surface area contributed by atoms with Crippen molar-refractivity contribution in [3.8, 4) is 0 Å². The predicted octanol–water partition coefficient (Wildman–Crippen LogP) is 3.01. The van der Waals surface area contributed by atoms with Crippen molar-refractivity contribution in [2.75, 3.05) is 0 Å². The van der Waals surface area contributed by atoms with Gasteiger partial charge in [0.1, 0.15) is 11.9 Å². The average molecular weight is 292 g/mol. The molecule has 0 aromatic heterocycles. The van der Waals surface area contributed by atoms with E-state index in [1.807, 2.05) is 0 Å². The normalized spacial score (nSPS) is 19.6. The maximum absolute atomic E-state index is 12.9. The highest BCUT2D eigenvalue weighted by molar-refractivity contribution is 7.81. The zero-order valence-corrected chi connectivity index (χ0v) is 11.6. The summed E-state index contributed by atoms with van der Waals surface area (Å²) >= 11 is 5.34. The molecule has 1 aromatic carbocycles. The molecule has 3 nitrogen and oxygen atoms in total. The van der Waals surface area contributed by atoms with Crippen molar-refractivity contribution < 1.29 is 19.0 Å². The summed E-state index contributed by atoms with van der Waals surface area (Å²) in [6.45, 7) is 1.45. The topological polar surface area (TPSA) is 46.5 Å². The van der Waals surface area contributed by atoms with E-state index >= 15 is 0 Å². The molecular weight excluding hydrogens is 279 g/mol. The van der Waals surface area contributed by atoms with Gasteiger partial charge in [0.25, 0.3) is 0 Å². The highest BCUT2D eigenvalue weighted by Crippen LogP contribution is 2.24. The van der Waals surface area contributed by atoms with Gasteiger partial charge in [-0.15, -0.1) is 0 Å². The molecule has 104 valence electrons. The summed E-state index contributed by atoms with van der Waals surface area (Å²) < 4.78 is 18.3. The molecule has 5 heteroatoms. The predicted molar refractivity (Wildman–Crippen MR) is 78.1 cm³/mol. The maximum Gasteiger partial charge on any atom is 0.332 e. The molecule has 0 spiro atoms. The van der Waals surface area contributed by atoms with E-state index in [1.165, 1.54) is 19.1 Å². The van der Waals surface area contributed by atoms with Crippen LogP contribution in [-0.2, 0) is 9.53 Å². The first-order valence-corrected chi connectivity index (χ1v) is 6.47. The van der Waals surface area contributed by atoms with Gasteiger partial charge in [-0.05, 0) is 30.2 Å². The van der Waals surface area contributed by atoms with E-state index in [4.69, 9.17) is 22.1 Å². The summed E-state index contributed by atoms with van der Waals surface area (Å²) in [5.41, 5.74) is 1.52. The molecule has 1 N–H and O–H groups in total. The van der Waals surface area contributed by atoms with E-state index in [0.29, 0.717) is 4.86 Å². The summed E-state index contributed by atoms with van der Waals surface area (Å²) in [7, 11) is 0. The van der Waals surface area contributed by atoms with Crippen LogP contribution in [0.25, 0.3) is 5.57 Å². The first kappa shape index (κ1) is 14.6. The minimum atomic E-state index is -1.04. The third-order valence-corrected chi connectivity index (χ3v) is 3.38. The average Bonchev–Trinajstić information content (AvgIpc) is 2.42. The fourth-order valence-electron chi connectivity index (χ4n) is 1.83. The summed E-state index contributed by atoms with van der Waals surface area (Å²) in [6, 6.07) is 5.97. The van der Waals surface area contributed by atoms with Crippen molar-refractivity contribution in [2.24, 2.45) is 0 Å². The molecule has 2 rings (SSSR count). The Hall–Kier alpha value is -1.85. The van der Waals surface area contributed by atoms with Gasteiger partial charge in [-0.2, -0.15) is 0 Å². The molecular formula is C15H13FO3S. The van der Waals surface area contributed by atoms with Crippen LogP contribution in [0.4, 0.5) is 4.39 Å². The largest absolute Gasteiger partial charge is 0.479 e. The molecule has 1 aliphatic rings. The molecule has 0 amide bonds. The number of carboxylic acid groups (broad SMARTS) is 1. The monoisotopic (exact) mass is 292 g/mol. The highest BCUT2D eigenvalue weighted by atomic mass is 32.1. The Morgan fingerprint density at radius 1 is 1.40 bits per heavy atom. The summed E-state index contributed by atoms with van der Waals surface area (Å²) in [5, 5.41) is 8.86. The van der Waals surface area contributed by atoms with E-state index < -0.39 is 18.2 Å². The van der Waals surface area contributed by atoms with Gasteiger partial charge in [-0.25, -0.2) is 9.18 Å². The Kier molecular flexibility index (Phi) is 4.42. The number of carbonyl (C=O) groups is 1. The van der Waals surface area contributed by atoms with Crippen LogP contribution in [0.1, 0.15) is 12.5 Å². The molecule has 0 saturated heterocycles. The fraction of sp³-hybridized carbons (Fsp3) is 0.200. The number of ether oxygens (including phenoxy) is 1. The Morgan fingerprint density at radius 3 is 2.65 bits per heavy atom. The third kappa shape index (κ3) is 3.18. The second-order valence-electron chi connectivity index (χ2n) is 4.37. The number of hydrogen-bond donors (Lipinski definition) is 1. The lowest BCUT2D eigenvalue weighted by Gasteiger charge is -2.22. The smallest absolute Gasteiger partial charge is 0.332 e. The fourth-order valence-corrected chi connectivity index (χ4v) is 2.15. The first-order chi connectivity index (χ1) is 9.49. The molecule has 1 aromatic rings. The van der Waals surface area contributed by atoms with Crippen molar-refractivity contribution in [2.45, 2.75) is 19.1 Å². The Morgan fingerprint density at radius 2 is 2.05 bits per heavy atom. The number of allylic oxidation sites excluding steroid dienone is 2. The van der Waals surface area contributed by atoms with Gasteiger partial charge in [-0.1, -0.05) is 42.6 Å². The second-order valence-corrected chi connectivity index (χ2v) is 4.81. The number of benzene rings is 1.